The lowest BCUT2D eigenvalue weighted by Gasteiger charge is -2.27. The Bertz CT molecular complexity index is 1250. The van der Waals surface area contributed by atoms with Gasteiger partial charge in [0.15, 0.2) is 18.1 Å². The van der Waals surface area contributed by atoms with Crippen LogP contribution >= 0.6 is 0 Å². The Kier molecular flexibility index (Phi) is 4.75. The van der Waals surface area contributed by atoms with Crippen molar-refractivity contribution >= 4 is 34.4 Å². The number of aryl methyl sites for hydroxylation is 2. The third kappa shape index (κ3) is 3.36. The summed E-state index contributed by atoms with van der Waals surface area (Å²) in [6.45, 7) is 1.60. The van der Waals surface area contributed by atoms with Gasteiger partial charge in [0, 0.05) is 0 Å². The summed E-state index contributed by atoms with van der Waals surface area (Å²) in [6, 6.07) is 20.7. The quantitative estimate of drug-likeness (QED) is 0.451. The van der Waals surface area contributed by atoms with Gasteiger partial charge in [0.1, 0.15) is 5.52 Å². The first kappa shape index (κ1) is 19.1. The van der Waals surface area contributed by atoms with Crippen molar-refractivity contribution in [2.75, 3.05) is 4.90 Å². The Hall–Kier alpha value is -3.93. The second-order valence-corrected chi connectivity index (χ2v) is 7.48. The average Bonchev–Trinajstić information content (AvgIpc) is 3.21. The lowest BCUT2D eigenvalue weighted by Crippen LogP contribution is -2.37. The number of fused-ring (bicyclic) bond motifs is 3. The Labute approximate surface area is 179 Å². The molecule has 1 aliphatic rings. The lowest BCUT2D eigenvalue weighted by molar-refractivity contribution is -0.125. The number of ether oxygens (including phenoxy) is 1. The summed E-state index contributed by atoms with van der Waals surface area (Å²) in [5.74, 6) is -0.917. The molecule has 154 valence electrons. The second-order valence-electron chi connectivity index (χ2n) is 7.48. The maximum atomic E-state index is 13.6. The number of oxazole rings is 1. The van der Waals surface area contributed by atoms with Gasteiger partial charge in [-0.25, -0.2) is 9.78 Å². The van der Waals surface area contributed by atoms with Crippen LogP contribution < -0.4 is 4.90 Å². The number of hydrogen-bond acceptors (Lipinski definition) is 5. The van der Waals surface area contributed by atoms with Crippen molar-refractivity contribution in [2.45, 2.75) is 25.9 Å². The number of aromatic nitrogens is 1. The van der Waals surface area contributed by atoms with E-state index in [2.05, 4.69) is 4.98 Å². The molecule has 0 radical (unpaired) electrons. The molecule has 0 saturated carbocycles. The maximum absolute atomic E-state index is 13.6. The number of anilines is 2. The molecule has 6 heteroatoms. The minimum Gasteiger partial charge on any atom is -0.449 e. The minimum atomic E-state index is -0.992. The van der Waals surface area contributed by atoms with E-state index >= 15 is 0 Å². The van der Waals surface area contributed by atoms with Crippen LogP contribution in [-0.4, -0.2) is 23.0 Å². The highest BCUT2D eigenvalue weighted by Gasteiger charge is 2.31. The molecule has 0 bridgehead atoms. The van der Waals surface area contributed by atoms with E-state index in [-0.39, 0.29) is 11.5 Å². The molecular formula is C25H20N2O4. The van der Waals surface area contributed by atoms with Gasteiger partial charge in [0.25, 0.3) is 5.91 Å². The van der Waals surface area contributed by atoms with Gasteiger partial charge in [-0.15, -0.1) is 0 Å². The van der Waals surface area contributed by atoms with Crippen molar-refractivity contribution < 1.29 is 18.7 Å². The first-order valence-corrected chi connectivity index (χ1v) is 10.2. The molecule has 1 aromatic heterocycles. The van der Waals surface area contributed by atoms with Crippen LogP contribution in [0.4, 0.5) is 11.4 Å². The lowest BCUT2D eigenvalue weighted by atomic mass is 10.0. The molecular weight excluding hydrogens is 392 g/mol. The van der Waals surface area contributed by atoms with E-state index in [0.717, 1.165) is 35.3 Å². The highest BCUT2D eigenvalue weighted by atomic mass is 16.5. The molecule has 3 aromatic carbocycles. The maximum Gasteiger partial charge on any atom is 0.341 e. The molecule has 5 rings (SSSR count). The Balaban J connectivity index is 1.48. The van der Waals surface area contributed by atoms with E-state index in [1.807, 2.05) is 48.5 Å². The van der Waals surface area contributed by atoms with Crippen LogP contribution in [-0.2, 0) is 22.4 Å². The van der Waals surface area contributed by atoms with Crippen molar-refractivity contribution in [3.63, 3.8) is 0 Å². The summed E-state index contributed by atoms with van der Waals surface area (Å²) in [5.41, 5.74) is 4.97. The van der Waals surface area contributed by atoms with E-state index in [0.29, 0.717) is 11.1 Å². The molecule has 0 N–H and O–H groups in total. The highest BCUT2D eigenvalue weighted by Crippen LogP contribution is 2.36. The molecule has 0 fully saturated rings. The summed E-state index contributed by atoms with van der Waals surface area (Å²) in [4.78, 5) is 32.2. The van der Waals surface area contributed by atoms with Gasteiger partial charge >= 0.3 is 5.97 Å². The van der Waals surface area contributed by atoms with Crippen molar-refractivity contribution in [3.05, 3.63) is 89.8 Å². The normalized spacial score (nSPS) is 13.8. The number of nitrogens with zero attached hydrogens (tertiary/aromatic N) is 2. The summed E-state index contributed by atoms with van der Waals surface area (Å²) in [7, 11) is 0. The second kappa shape index (κ2) is 7.72. The first-order chi connectivity index (χ1) is 15.1. The summed E-state index contributed by atoms with van der Waals surface area (Å²) >= 11 is 0. The van der Waals surface area contributed by atoms with Gasteiger partial charge in [-0.3, -0.25) is 9.69 Å². The summed E-state index contributed by atoms with van der Waals surface area (Å²) < 4.78 is 10.8. The van der Waals surface area contributed by atoms with Gasteiger partial charge in [-0.05, 0) is 55.2 Å². The van der Waals surface area contributed by atoms with Crippen molar-refractivity contribution in [2.24, 2.45) is 0 Å². The van der Waals surface area contributed by atoms with Gasteiger partial charge in [0.05, 0.1) is 16.9 Å². The van der Waals surface area contributed by atoms with Crippen LogP contribution in [0.25, 0.3) is 11.1 Å². The van der Waals surface area contributed by atoms with E-state index < -0.39 is 12.1 Å². The van der Waals surface area contributed by atoms with Crippen molar-refractivity contribution in [3.8, 4) is 0 Å². The van der Waals surface area contributed by atoms with Crippen LogP contribution in [0.2, 0.25) is 0 Å². The Morgan fingerprint density at radius 2 is 1.58 bits per heavy atom. The van der Waals surface area contributed by atoms with Crippen molar-refractivity contribution in [1.82, 2.24) is 4.98 Å². The van der Waals surface area contributed by atoms with Crippen LogP contribution in [0.5, 0.6) is 0 Å². The predicted octanol–water partition coefficient (Wildman–Crippen LogP) is 4.84. The fraction of sp³-hybridized carbons (Fsp3) is 0.160. The molecule has 1 aliphatic heterocycles. The zero-order valence-corrected chi connectivity index (χ0v) is 16.9. The standard InChI is InChI=1S/C25H20N2O4/c1-16(31-25(29)19-9-6-12-22-23(19)26-15-30-22)24(28)27-20-10-4-2-7-17(20)13-14-18-8-3-5-11-21(18)27/h2-12,15-16H,13-14H2,1H3. The fourth-order valence-corrected chi connectivity index (χ4v) is 4.02. The Morgan fingerprint density at radius 1 is 0.935 bits per heavy atom. The number of carbonyl (C=O) groups excluding carboxylic acids is 2. The third-order valence-electron chi connectivity index (χ3n) is 5.56. The van der Waals surface area contributed by atoms with E-state index in [1.54, 1.807) is 30.0 Å². The number of esters is 1. The highest BCUT2D eigenvalue weighted by molar-refractivity contribution is 6.07. The number of hydrogen-bond donors (Lipinski definition) is 0. The van der Waals surface area contributed by atoms with E-state index in [1.165, 1.54) is 6.39 Å². The van der Waals surface area contributed by atoms with Crippen LogP contribution in [0.3, 0.4) is 0 Å². The topological polar surface area (TPSA) is 72.6 Å². The van der Waals surface area contributed by atoms with Crippen LogP contribution in [0, 0.1) is 0 Å². The number of benzene rings is 3. The minimum absolute atomic E-state index is 0.266. The number of para-hydroxylation sites is 3. The predicted molar refractivity (Wildman–Crippen MR) is 116 cm³/mol. The van der Waals surface area contributed by atoms with Crippen LogP contribution in [0.1, 0.15) is 28.4 Å². The number of rotatable bonds is 3. The van der Waals surface area contributed by atoms with Gasteiger partial charge in [-0.2, -0.15) is 0 Å². The fourth-order valence-electron chi connectivity index (χ4n) is 4.02. The zero-order chi connectivity index (χ0) is 21.4. The molecule has 1 unspecified atom stereocenters. The summed E-state index contributed by atoms with van der Waals surface area (Å²) in [6.07, 6.45) is 1.95. The van der Waals surface area contributed by atoms with Gasteiger partial charge in [0.2, 0.25) is 0 Å². The Morgan fingerprint density at radius 3 is 2.26 bits per heavy atom. The molecule has 0 saturated heterocycles. The molecule has 31 heavy (non-hydrogen) atoms. The van der Waals surface area contributed by atoms with Gasteiger partial charge in [-0.1, -0.05) is 42.5 Å². The monoisotopic (exact) mass is 412 g/mol. The SMILES string of the molecule is CC(OC(=O)c1cccc2ocnc12)C(=O)N1c2ccccc2CCc2ccccc21. The first-order valence-electron chi connectivity index (χ1n) is 10.2. The number of carbonyl (C=O) groups is 2. The molecule has 6 nitrogen and oxygen atoms in total. The van der Waals surface area contributed by atoms with E-state index in [9.17, 15) is 9.59 Å². The largest absolute Gasteiger partial charge is 0.449 e. The average molecular weight is 412 g/mol. The van der Waals surface area contributed by atoms with Crippen molar-refractivity contribution in [1.29, 1.82) is 0 Å². The molecule has 1 atom stereocenters. The molecule has 2 heterocycles. The molecule has 0 aliphatic carbocycles. The van der Waals surface area contributed by atoms with E-state index in [4.69, 9.17) is 9.15 Å². The van der Waals surface area contributed by atoms with Crippen LogP contribution in [0.15, 0.2) is 77.5 Å². The smallest absolute Gasteiger partial charge is 0.341 e. The zero-order valence-electron chi connectivity index (χ0n) is 16.9. The molecule has 1 amide bonds. The molecule has 0 spiro atoms. The molecule has 4 aromatic rings. The van der Waals surface area contributed by atoms with Gasteiger partial charge < -0.3 is 9.15 Å². The summed E-state index contributed by atoms with van der Waals surface area (Å²) in [5, 5.41) is 0. The number of amides is 1. The third-order valence-corrected chi connectivity index (χ3v) is 5.56.